The summed E-state index contributed by atoms with van der Waals surface area (Å²) >= 11 is 0. The average Bonchev–Trinajstić information content (AvgIpc) is 2.62. The predicted molar refractivity (Wildman–Crippen MR) is 63.7 cm³/mol. The minimum atomic E-state index is 0.286. The molecular weight excluding hydrogens is 186 g/mol. The Hall–Kier alpha value is -0.830. The van der Waals surface area contributed by atoms with E-state index in [1.54, 1.807) is 0 Å². The van der Waals surface area contributed by atoms with Crippen molar-refractivity contribution in [1.82, 2.24) is 9.78 Å². The van der Waals surface area contributed by atoms with Gasteiger partial charge in [-0.05, 0) is 38.7 Å². The van der Waals surface area contributed by atoms with Gasteiger partial charge >= 0.3 is 0 Å². The third-order valence-electron chi connectivity index (χ3n) is 2.78. The Labute approximate surface area is 92.7 Å². The highest BCUT2D eigenvalue weighted by Gasteiger charge is 2.09. The lowest BCUT2D eigenvalue weighted by molar-refractivity contribution is 0.458. The molecule has 0 spiro atoms. The van der Waals surface area contributed by atoms with E-state index in [4.69, 9.17) is 5.73 Å². The summed E-state index contributed by atoms with van der Waals surface area (Å²) in [6.07, 6.45) is 4.05. The summed E-state index contributed by atoms with van der Waals surface area (Å²) < 4.78 is 2.00. The van der Waals surface area contributed by atoms with E-state index in [0.717, 1.165) is 18.5 Å². The van der Waals surface area contributed by atoms with Crippen LogP contribution in [-0.4, -0.2) is 15.8 Å². The van der Waals surface area contributed by atoms with Crippen LogP contribution in [0.4, 0.5) is 0 Å². The standard InChI is InChI=1S/C12H23N3/c1-9(2)12(13)6-5-11-7-8-15(14-11)10(3)4/h7-10,12H,5-6,13H2,1-4H3. The summed E-state index contributed by atoms with van der Waals surface area (Å²) in [7, 11) is 0. The normalized spacial score (nSPS) is 13.8. The quantitative estimate of drug-likeness (QED) is 0.809. The molecule has 0 fully saturated rings. The second-order valence-corrected chi connectivity index (χ2v) is 4.83. The maximum absolute atomic E-state index is 6.00. The first-order valence-corrected chi connectivity index (χ1v) is 5.80. The molecule has 1 aromatic heterocycles. The van der Waals surface area contributed by atoms with Crippen LogP contribution in [0.15, 0.2) is 12.3 Å². The van der Waals surface area contributed by atoms with Crippen LogP contribution in [0.5, 0.6) is 0 Å². The molecule has 0 radical (unpaired) electrons. The van der Waals surface area contributed by atoms with E-state index in [2.05, 4.69) is 38.9 Å². The molecule has 1 atom stereocenters. The first-order chi connectivity index (χ1) is 7.00. The molecule has 0 aromatic carbocycles. The molecule has 1 heterocycles. The van der Waals surface area contributed by atoms with E-state index in [-0.39, 0.29) is 6.04 Å². The molecule has 0 aliphatic heterocycles. The van der Waals surface area contributed by atoms with Gasteiger partial charge in [-0.2, -0.15) is 5.10 Å². The fourth-order valence-electron chi connectivity index (χ4n) is 1.45. The monoisotopic (exact) mass is 209 g/mol. The summed E-state index contributed by atoms with van der Waals surface area (Å²) in [4.78, 5) is 0. The Balaban J connectivity index is 2.44. The summed E-state index contributed by atoms with van der Waals surface area (Å²) in [6.45, 7) is 8.60. The number of rotatable bonds is 5. The number of aromatic nitrogens is 2. The fourth-order valence-corrected chi connectivity index (χ4v) is 1.45. The highest BCUT2D eigenvalue weighted by molar-refractivity contribution is 5.00. The Morgan fingerprint density at radius 3 is 2.47 bits per heavy atom. The van der Waals surface area contributed by atoms with Gasteiger partial charge in [0.15, 0.2) is 0 Å². The number of nitrogens with two attached hydrogens (primary N) is 1. The van der Waals surface area contributed by atoms with Crippen LogP contribution in [0, 0.1) is 5.92 Å². The molecule has 3 heteroatoms. The zero-order valence-corrected chi connectivity index (χ0v) is 10.3. The SMILES string of the molecule is CC(C)C(N)CCc1ccn(C(C)C)n1. The van der Waals surface area contributed by atoms with Crippen molar-refractivity contribution in [2.45, 2.75) is 52.6 Å². The van der Waals surface area contributed by atoms with Gasteiger partial charge in [-0.25, -0.2) is 0 Å². The van der Waals surface area contributed by atoms with Crippen molar-refractivity contribution < 1.29 is 0 Å². The largest absolute Gasteiger partial charge is 0.327 e. The smallest absolute Gasteiger partial charge is 0.0625 e. The van der Waals surface area contributed by atoms with Crippen LogP contribution in [-0.2, 0) is 6.42 Å². The van der Waals surface area contributed by atoms with Crippen molar-refractivity contribution >= 4 is 0 Å². The summed E-state index contributed by atoms with van der Waals surface area (Å²) in [5, 5.41) is 4.50. The van der Waals surface area contributed by atoms with Gasteiger partial charge in [0.2, 0.25) is 0 Å². The Morgan fingerprint density at radius 2 is 2.00 bits per heavy atom. The van der Waals surface area contributed by atoms with Crippen LogP contribution in [0.1, 0.15) is 45.9 Å². The van der Waals surface area contributed by atoms with Crippen LogP contribution in [0.2, 0.25) is 0 Å². The summed E-state index contributed by atoms with van der Waals surface area (Å²) in [5.74, 6) is 0.553. The lowest BCUT2D eigenvalue weighted by Crippen LogP contribution is -2.26. The van der Waals surface area contributed by atoms with Crippen LogP contribution >= 0.6 is 0 Å². The van der Waals surface area contributed by atoms with Crippen molar-refractivity contribution in [3.05, 3.63) is 18.0 Å². The highest BCUT2D eigenvalue weighted by Crippen LogP contribution is 2.09. The van der Waals surface area contributed by atoms with Gasteiger partial charge in [-0.3, -0.25) is 4.68 Å². The van der Waals surface area contributed by atoms with Gasteiger partial charge in [0.05, 0.1) is 5.69 Å². The van der Waals surface area contributed by atoms with E-state index in [1.807, 2.05) is 10.9 Å². The number of nitrogens with zero attached hydrogens (tertiary/aromatic N) is 2. The fraction of sp³-hybridized carbons (Fsp3) is 0.750. The van der Waals surface area contributed by atoms with Crippen molar-refractivity contribution in [2.75, 3.05) is 0 Å². The van der Waals surface area contributed by atoms with Gasteiger partial charge in [-0.15, -0.1) is 0 Å². The third kappa shape index (κ3) is 3.67. The molecule has 0 saturated carbocycles. The number of aryl methyl sites for hydroxylation is 1. The molecule has 0 aliphatic rings. The van der Waals surface area contributed by atoms with E-state index in [1.165, 1.54) is 0 Å². The zero-order valence-electron chi connectivity index (χ0n) is 10.3. The molecule has 0 bridgehead atoms. The van der Waals surface area contributed by atoms with Crippen molar-refractivity contribution in [1.29, 1.82) is 0 Å². The van der Waals surface area contributed by atoms with Gasteiger partial charge in [0, 0.05) is 18.3 Å². The molecule has 1 rings (SSSR count). The maximum atomic E-state index is 6.00. The lowest BCUT2D eigenvalue weighted by Gasteiger charge is -2.14. The van der Waals surface area contributed by atoms with E-state index < -0.39 is 0 Å². The molecule has 0 amide bonds. The Bertz CT molecular complexity index is 289. The van der Waals surface area contributed by atoms with Gasteiger partial charge in [0.25, 0.3) is 0 Å². The van der Waals surface area contributed by atoms with Crippen LogP contribution in [0.25, 0.3) is 0 Å². The van der Waals surface area contributed by atoms with E-state index >= 15 is 0 Å². The molecule has 86 valence electrons. The zero-order chi connectivity index (χ0) is 11.4. The van der Waals surface area contributed by atoms with Crippen molar-refractivity contribution in [3.8, 4) is 0 Å². The van der Waals surface area contributed by atoms with Gasteiger partial charge < -0.3 is 5.73 Å². The highest BCUT2D eigenvalue weighted by atomic mass is 15.3. The number of hydrogen-bond donors (Lipinski definition) is 1. The summed E-state index contributed by atoms with van der Waals surface area (Å²) in [6, 6.07) is 2.82. The van der Waals surface area contributed by atoms with Crippen molar-refractivity contribution in [3.63, 3.8) is 0 Å². The molecule has 0 aliphatic carbocycles. The predicted octanol–water partition coefficient (Wildman–Crippen LogP) is 2.38. The lowest BCUT2D eigenvalue weighted by atomic mass is 10.00. The van der Waals surface area contributed by atoms with Crippen LogP contribution in [0.3, 0.4) is 0 Å². The molecule has 1 aromatic rings. The van der Waals surface area contributed by atoms with Crippen molar-refractivity contribution in [2.24, 2.45) is 11.7 Å². The summed E-state index contributed by atoms with van der Waals surface area (Å²) in [5.41, 5.74) is 7.15. The maximum Gasteiger partial charge on any atom is 0.0625 e. The first kappa shape index (κ1) is 12.2. The number of hydrogen-bond acceptors (Lipinski definition) is 2. The second kappa shape index (κ2) is 5.31. The molecular formula is C12H23N3. The molecule has 2 N–H and O–H groups in total. The average molecular weight is 209 g/mol. The van der Waals surface area contributed by atoms with Gasteiger partial charge in [-0.1, -0.05) is 13.8 Å². The van der Waals surface area contributed by atoms with E-state index in [9.17, 15) is 0 Å². The molecule has 15 heavy (non-hydrogen) atoms. The Kier molecular flexibility index (Phi) is 4.33. The van der Waals surface area contributed by atoms with Crippen LogP contribution < -0.4 is 5.73 Å². The minimum absolute atomic E-state index is 0.286. The minimum Gasteiger partial charge on any atom is -0.327 e. The Morgan fingerprint density at radius 1 is 1.33 bits per heavy atom. The topological polar surface area (TPSA) is 43.8 Å². The van der Waals surface area contributed by atoms with E-state index in [0.29, 0.717) is 12.0 Å². The van der Waals surface area contributed by atoms with Gasteiger partial charge in [0.1, 0.15) is 0 Å². The first-order valence-electron chi connectivity index (χ1n) is 5.80. The third-order valence-corrected chi connectivity index (χ3v) is 2.78. The molecule has 0 saturated heterocycles. The second-order valence-electron chi connectivity index (χ2n) is 4.83. The molecule has 1 unspecified atom stereocenters. The molecule has 3 nitrogen and oxygen atoms in total.